The standard InChI is InChI=1S/C28H19F5N4O4S/c1-41-24-10-6-16(12-25(24)42(39,40)36-23-9-7-18(29)14-21(23)30)15-5-8-22-20(11-15)26(38)37(27(34)35-22)19-4-2-3-17(13-19)28(31,32)33/h2-14,36H,1H3,(H2,34,35). The Labute approximate surface area is 234 Å². The van der Waals surface area contributed by atoms with E-state index in [9.17, 15) is 35.2 Å². The molecule has 0 aliphatic carbocycles. The Balaban J connectivity index is 1.61. The van der Waals surface area contributed by atoms with Gasteiger partial charge in [0.1, 0.15) is 22.3 Å². The number of alkyl halides is 3. The van der Waals surface area contributed by atoms with E-state index in [0.29, 0.717) is 17.2 Å². The summed E-state index contributed by atoms with van der Waals surface area (Å²) in [5.41, 5.74) is 4.35. The van der Waals surface area contributed by atoms with Crippen LogP contribution in [-0.4, -0.2) is 25.1 Å². The molecule has 0 amide bonds. The summed E-state index contributed by atoms with van der Waals surface area (Å²) in [5, 5.41) is -0.00848. The smallest absolute Gasteiger partial charge is 0.416 e. The van der Waals surface area contributed by atoms with E-state index in [1.54, 1.807) is 0 Å². The summed E-state index contributed by atoms with van der Waals surface area (Å²) in [5.74, 6) is -2.45. The SMILES string of the molecule is COc1ccc(-c2ccc3nc(N)n(-c4cccc(C(F)(F)F)c4)c(=O)c3c2)cc1S(=O)(=O)Nc1ccc(F)cc1F. The number of nitrogens with two attached hydrogens (primary N) is 1. The highest BCUT2D eigenvalue weighted by atomic mass is 32.2. The van der Waals surface area contributed by atoms with Crippen LogP contribution in [0.1, 0.15) is 5.56 Å². The number of nitrogens with one attached hydrogen (secondary N) is 1. The number of sulfonamides is 1. The molecule has 0 fully saturated rings. The molecular formula is C28H19F5N4O4S. The Hall–Kier alpha value is -4.98. The van der Waals surface area contributed by atoms with Crippen LogP contribution in [0, 0.1) is 11.6 Å². The maximum Gasteiger partial charge on any atom is 0.416 e. The lowest BCUT2D eigenvalue weighted by Crippen LogP contribution is -2.23. The summed E-state index contributed by atoms with van der Waals surface area (Å²) in [6, 6.07) is 14.8. The zero-order valence-electron chi connectivity index (χ0n) is 21.4. The van der Waals surface area contributed by atoms with Crippen LogP contribution in [0.25, 0.3) is 27.7 Å². The Morgan fingerprint density at radius 3 is 2.33 bits per heavy atom. The van der Waals surface area contributed by atoms with Gasteiger partial charge in [-0.1, -0.05) is 18.2 Å². The van der Waals surface area contributed by atoms with Gasteiger partial charge < -0.3 is 10.5 Å². The van der Waals surface area contributed by atoms with Gasteiger partial charge in [0.15, 0.2) is 0 Å². The van der Waals surface area contributed by atoms with Crippen LogP contribution in [0.3, 0.4) is 0 Å². The molecule has 3 N–H and O–H groups in total. The van der Waals surface area contributed by atoms with Gasteiger partial charge in [0.25, 0.3) is 15.6 Å². The van der Waals surface area contributed by atoms with Crippen LogP contribution in [0.4, 0.5) is 33.6 Å². The van der Waals surface area contributed by atoms with E-state index in [2.05, 4.69) is 9.71 Å². The van der Waals surface area contributed by atoms with E-state index >= 15 is 0 Å². The molecule has 4 aromatic carbocycles. The highest BCUT2D eigenvalue weighted by molar-refractivity contribution is 7.92. The van der Waals surface area contributed by atoms with E-state index in [1.165, 1.54) is 49.6 Å². The minimum absolute atomic E-state index is 0.00848. The Morgan fingerprint density at radius 2 is 1.64 bits per heavy atom. The largest absolute Gasteiger partial charge is 0.495 e. The second-order valence-electron chi connectivity index (χ2n) is 8.99. The molecule has 1 aromatic heterocycles. The van der Waals surface area contributed by atoms with Gasteiger partial charge in [-0.3, -0.25) is 9.52 Å². The normalized spacial score (nSPS) is 12.0. The molecule has 0 aliphatic heterocycles. The van der Waals surface area contributed by atoms with Crippen molar-refractivity contribution in [2.24, 2.45) is 0 Å². The molecule has 0 unspecified atom stereocenters. The molecule has 0 saturated carbocycles. The van der Waals surface area contributed by atoms with E-state index in [1.807, 2.05) is 0 Å². The molecule has 0 atom stereocenters. The first-order valence-corrected chi connectivity index (χ1v) is 13.4. The second kappa shape index (κ2) is 10.4. The van der Waals surface area contributed by atoms with Gasteiger partial charge in [-0.25, -0.2) is 26.7 Å². The second-order valence-corrected chi connectivity index (χ2v) is 10.6. The zero-order chi connectivity index (χ0) is 30.4. The molecule has 216 valence electrons. The molecule has 42 heavy (non-hydrogen) atoms. The Bertz CT molecular complexity index is 2030. The highest BCUT2D eigenvalue weighted by Crippen LogP contribution is 2.33. The zero-order valence-corrected chi connectivity index (χ0v) is 22.2. The number of hydrogen-bond acceptors (Lipinski definition) is 6. The molecule has 0 saturated heterocycles. The van der Waals surface area contributed by atoms with Gasteiger partial charge in [-0.2, -0.15) is 13.2 Å². The van der Waals surface area contributed by atoms with Crippen molar-refractivity contribution in [3.63, 3.8) is 0 Å². The summed E-state index contributed by atoms with van der Waals surface area (Å²) in [6.07, 6.45) is -4.66. The van der Waals surface area contributed by atoms with Gasteiger partial charge in [0.05, 0.1) is 35.0 Å². The molecule has 0 aliphatic rings. The van der Waals surface area contributed by atoms with Crippen molar-refractivity contribution < 1.29 is 35.1 Å². The third-order valence-corrected chi connectivity index (χ3v) is 7.67. The van der Waals surface area contributed by atoms with Gasteiger partial charge in [-0.15, -0.1) is 0 Å². The maximum absolute atomic E-state index is 14.2. The fraction of sp³-hybridized carbons (Fsp3) is 0.0714. The lowest BCUT2D eigenvalue weighted by atomic mass is 10.0. The number of rotatable bonds is 6. The molecule has 0 bridgehead atoms. The van der Waals surface area contributed by atoms with E-state index < -0.39 is 44.6 Å². The number of methoxy groups -OCH3 is 1. The maximum atomic E-state index is 14.2. The van der Waals surface area contributed by atoms with Crippen molar-refractivity contribution in [3.8, 4) is 22.6 Å². The first kappa shape index (κ1) is 28.5. The third-order valence-electron chi connectivity index (χ3n) is 6.29. The summed E-state index contributed by atoms with van der Waals surface area (Å²) in [7, 11) is -3.23. The van der Waals surface area contributed by atoms with E-state index in [-0.39, 0.29) is 33.2 Å². The Kier molecular flexibility index (Phi) is 7.10. The van der Waals surface area contributed by atoms with Gasteiger partial charge in [0.2, 0.25) is 5.95 Å². The van der Waals surface area contributed by atoms with E-state index in [4.69, 9.17) is 10.5 Å². The number of benzene rings is 4. The molecule has 1 heterocycles. The van der Waals surface area contributed by atoms with Crippen LogP contribution in [0.2, 0.25) is 0 Å². The Morgan fingerprint density at radius 1 is 0.929 bits per heavy atom. The fourth-order valence-electron chi connectivity index (χ4n) is 4.29. The fourth-order valence-corrected chi connectivity index (χ4v) is 5.55. The van der Waals surface area contributed by atoms with Crippen LogP contribution >= 0.6 is 0 Å². The highest BCUT2D eigenvalue weighted by Gasteiger charge is 2.31. The first-order valence-electron chi connectivity index (χ1n) is 11.9. The monoisotopic (exact) mass is 602 g/mol. The minimum atomic E-state index is -4.66. The van der Waals surface area contributed by atoms with E-state index in [0.717, 1.165) is 34.9 Å². The van der Waals surface area contributed by atoms with Crippen molar-refractivity contribution >= 4 is 32.6 Å². The summed E-state index contributed by atoms with van der Waals surface area (Å²) in [4.78, 5) is 17.2. The van der Waals surface area contributed by atoms with Gasteiger partial charge in [0, 0.05) is 6.07 Å². The summed E-state index contributed by atoms with van der Waals surface area (Å²) >= 11 is 0. The predicted molar refractivity (Wildman–Crippen MR) is 146 cm³/mol. The molecule has 5 rings (SSSR count). The van der Waals surface area contributed by atoms with Crippen LogP contribution < -0.4 is 20.8 Å². The third kappa shape index (κ3) is 5.35. The predicted octanol–water partition coefficient (Wildman–Crippen LogP) is 5.74. The molecule has 5 aromatic rings. The minimum Gasteiger partial charge on any atom is -0.495 e. The van der Waals surface area contributed by atoms with Crippen molar-refractivity contribution in [2.75, 3.05) is 17.6 Å². The first-order chi connectivity index (χ1) is 19.8. The van der Waals surface area contributed by atoms with Gasteiger partial charge in [-0.05, 0) is 65.7 Å². The van der Waals surface area contributed by atoms with Crippen molar-refractivity contribution in [2.45, 2.75) is 11.1 Å². The number of ether oxygens (including phenoxy) is 1. The number of anilines is 2. The molecular weight excluding hydrogens is 583 g/mol. The van der Waals surface area contributed by atoms with Crippen LogP contribution in [0.5, 0.6) is 5.75 Å². The van der Waals surface area contributed by atoms with Crippen molar-refractivity contribution in [3.05, 3.63) is 106 Å². The molecule has 0 radical (unpaired) electrons. The average molecular weight is 603 g/mol. The lowest BCUT2D eigenvalue weighted by molar-refractivity contribution is -0.137. The summed E-state index contributed by atoms with van der Waals surface area (Å²) < 4.78 is 102. The number of nitrogen functional groups attached to an aromatic ring is 1. The number of aromatic nitrogens is 2. The number of halogens is 5. The van der Waals surface area contributed by atoms with Crippen molar-refractivity contribution in [1.82, 2.24) is 9.55 Å². The topological polar surface area (TPSA) is 116 Å². The van der Waals surface area contributed by atoms with Crippen LogP contribution in [0.15, 0.2) is 88.6 Å². The summed E-state index contributed by atoms with van der Waals surface area (Å²) in [6.45, 7) is 0. The molecule has 8 nitrogen and oxygen atoms in total. The number of fused-ring (bicyclic) bond motifs is 1. The number of hydrogen-bond donors (Lipinski definition) is 2. The lowest BCUT2D eigenvalue weighted by Gasteiger charge is -2.15. The average Bonchev–Trinajstić information content (AvgIpc) is 2.94. The van der Waals surface area contributed by atoms with Gasteiger partial charge >= 0.3 is 6.18 Å². The van der Waals surface area contributed by atoms with Crippen LogP contribution in [-0.2, 0) is 16.2 Å². The molecule has 14 heteroatoms. The quantitative estimate of drug-likeness (QED) is 0.240. The number of nitrogens with zero attached hydrogens (tertiary/aromatic N) is 2. The van der Waals surface area contributed by atoms with Crippen molar-refractivity contribution in [1.29, 1.82) is 0 Å². The molecule has 0 spiro atoms.